The van der Waals surface area contributed by atoms with Gasteiger partial charge in [0.05, 0.1) is 5.02 Å². The van der Waals surface area contributed by atoms with Crippen molar-refractivity contribution in [3.05, 3.63) is 28.8 Å². The summed E-state index contributed by atoms with van der Waals surface area (Å²) >= 11 is 5.56. The molecular formula is C7H6ClFO2S. The topological polar surface area (TPSA) is 34.1 Å². The lowest BCUT2D eigenvalue weighted by Gasteiger charge is -2.00. The molecule has 0 aliphatic rings. The van der Waals surface area contributed by atoms with Crippen LogP contribution in [0.1, 0.15) is 5.56 Å². The van der Waals surface area contributed by atoms with Crippen LogP contribution in [-0.4, -0.2) is 8.42 Å². The number of halogens is 2. The van der Waals surface area contributed by atoms with Crippen molar-refractivity contribution in [2.45, 2.75) is 11.8 Å². The van der Waals surface area contributed by atoms with Crippen LogP contribution in [0.4, 0.5) is 3.89 Å². The maximum atomic E-state index is 12.4. The highest BCUT2D eigenvalue weighted by Gasteiger charge is 2.16. The Balaban J connectivity index is 3.47. The molecule has 0 aliphatic carbocycles. The van der Waals surface area contributed by atoms with Gasteiger partial charge in [-0.1, -0.05) is 23.7 Å². The molecule has 12 heavy (non-hydrogen) atoms. The third-order valence-corrected chi connectivity index (χ3v) is 2.90. The van der Waals surface area contributed by atoms with E-state index in [0.717, 1.165) is 6.07 Å². The smallest absolute Gasteiger partial charge is 0.189 e. The Kier molecular flexibility index (Phi) is 2.39. The first kappa shape index (κ1) is 9.48. The summed E-state index contributed by atoms with van der Waals surface area (Å²) in [4.78, 5) is -0.468. The molecule has 0 N–H and O–H groups in total. The zero-order valence-electron chi connectivity index (χ0n) is 6.21. The summed E-state index contributed by atoms with van der Waals surface area (Å²) in [6.45, 7) is 1.61. The first-order valence-electron chi connectivity index (χ1n) is 3.12. The average Bonchev–Trinajstić information content (AvgIpc) is 1.92. The molecule has 0 saturated heterocycles. The summed E-state index contributed by atoms with van der Waals surface area (Å²) in [5, 5.41) is -0.0556. The van der Waals surface area contributed by atoms with Gasteiger partial charge in [0.1, 0.15) is 4.90 Å². The van der Waals surface area contributed by atoms with Crippen molar-refractivity contribution in [1.29, 1.82) is 0 Å². The predicted octanol–water partition coefficient (Wildman–Crippen LogP) is 2.31. The molecule has 0 heterocycles. The van der Waals surface area contributed by atoms with Gasteiger partial charge in [-0.2, -0.15) is 8.42 Å². The Morgan fingerprint density at radius 2 is 2.00 bits per heavy atom. The normalized spacial score (nSPS) is 11.6. The first-order chi connectivity index (χ1) is 5.43. The largest absolute Gasteiger partial charge is 0.333 e. The van der Waals surface area contributed by atoms with Crippen molar-refractivity contribution < 1.29 is 12.3 Å². The molecule has 66 valence electrons. The quantitative estimate of drug-likeness (QED) is 0.664. The monoisotopic (exact) mass is 208 g/mol. The van der Waals surface area contributed by atoms with Gasteiger partial charge in [-0.3, -0.25) is 0 Å². The van der Waals surface area contributed by atoms with Crippen molar-refractivity contribution in [3.8, 4) is 0 Å². The van der Waals surface area contributed by atoms with Crippen molar-refractivity contribution >= 4 is 21.8 Å². The van der Waals surface area contributed by atoms with Crippen LogP contribution in [0.15, 0.2) is 23.1 Å². The maximum Gasteiger partial charge on any atom is 0.333 e. The molecule has 0 aromatic heterocycles. The third kappa shape index (κ3) is 1.76. The second-order valence-electron chi connectivity index (χ2n) is 2.32. The molecule has 1 rings (SSSR count). The molecule has 1 aromatic rings. The second-order valence-corrected chi connectivity index (χ2v) is 4.02. The zero-order chi connectivity index (χ0) is 9.35. The SMILES string of the molecule is Cc1cccc(S(=O)(=O)F)c1Cl. The number of hydrogen-bond donors (Lipinski definition) is 0. The van der Waals surface area contributed by atoms with Crippen LogP contribution in [0.3, 0.4) is 0 Å². The highest BCUT2D eigenvalue weighted by molar-refractivity contribution is 7.86. The van der Waals surface area contributed by atoms with E-state index in [0.29, 0.717) is 5.56 Å². The molecule has 2 nitrogen and oxygen atoms in total. The van der Waals surface area contributed by atoms with Gasteiger partial charge in [0.25, 0.3) is 0 Å². The number of rotatable bonds is 1. The van der Waals surface area contributed by atoms with Crippen LogP contribution >= 0.6 is 11.6 Å². The van der Waals surface area contributed by atoms with Crippen LogP contribution in [0.2, 0.25) is 5.02 Å². The fourth-order valence-corrected chi connectivity index (χ4v) is 1.83. The minimum Gasteiger partial charge on any atom is -0.189 e. The van der Waals surface area contributed by atoms with Gasteiger partial charge in [0.15, 0.2) is 0 Å². The van der Waals surface area contributed by atoms with Crippen LogP contribution in [0, 0.1) is 6.92 Å². The van der Waals surface area contributed by atoms with E-state index in [9.17, 15) is 12.3 Å². The van der Waals surface area contributed by atoms with E-state index in [1.807, 2.05) is 0 Å². The highest BCUT2D eigenvalue weighted by atomic mass is 35.5. The minimum atomic E-state index is -4.69. The minimum absolute atomic E-state index is 0.0556. The van der Waals surface area contributed by atoms with E-state index in [1.165, 1.54) is 6.07 Å². The van der Waals surface area contributed by atoms with E-state index in [2.05, 4.69) is 0 Å². The van der Waals surface area contributed by atoms with Gasteiger partial charge in [-0.15, -0.1) is 3.89 Å². The lowest BCUT2D eigenvalue weighted by molar-refractivity contribution is 0.552. The van der Waals surface area contributed by atoms with Gasteiger partial charge < -0.3 is 0 Å². The molecule has 0 aliphatic heterocycles. The molecule has 0 bridgehead atoms. The van der Waals surface area contributed by atoms with Crippen LogP contribution < -0.4 is 0 Å². The first-order valence-corrected chi connectivity index (χ1v) is 4.89. The summed E-state index contributed by atoms with van der Waals surface area (Å²) in [6, 6.07) is 4.18. The second kappa shape index (κ2) is 3.03. The lowest BCUT2D eigenvalue weighted by Crippen LogP contribution is -1.93. The molecule has 1 aromatic carbocycles. The number of aryl methyl sites for hydroxylation is 1. The fourth-order valence-electron chi connectivity index (χ4n) is 0.809. The Hall–Kier alpha value is -0.610. The van der Waals surface area contributed by atoms with Gasteiger partial charge in [0, 0.05) is 0 Å². The van der Waals surface area contributed by atoms with Crippen molar-refractivity contribution in [2.24, 2.45) is 0 Å². The summed E-state index contributed by atoms with van der Waals surface area (Å²) in [6.07, 6.45) is 0. The van der Waals surface area contributed by atoms with Gasteiger partial charge in [-0.25, -0.2) is 0 Å². The number of benzene rings is 1. The van der Waals surface area contributed by atoms with Crippen molar-refractivity contribution in [2.75, 3.05) is 0 Å². The van der Waals surface area contributed by atoms with E-state index >= 15 is 0 Å². The standard InChI is InChI=1S/C7H6ClFO2S/c1-5-3-2-4-6(7(5)8)12(9,10)11/h2-4H,1H3. The summed E-state index contributed by atoms with van der Waals surface area (Å²) in [7, 11) is -4.69. The predicted molar refractivity (Wildman–Crippen MR) is 44.5 cm³/mol. The van der Waals surface area contributed by atoms with Gasteiger partial charge >= 0.3 is 10.2 Å². The maximum absolute atomic E-state index is 12.4. The van der Waals surface area contributed by atoms with E-state index in [4.69, 9.17) is 11.6 Å². The van der Waals surface area contributed by atoms with Crippen molar-refractivity contribution in [3.63, 3.8) is 0 Å². The Labute approximate surface area is 75.2 Å². The Bertz CT molecular complexity index is 400. The van der Waals surface area contributed by atoms with Crippen molar-refractivity contribution in [1.82, 2.24) is 0 Å². The van der Waals surface area contributed by atoms with Crippen LogP contribution in [-0.2, 0) is 10.2 Å². The number of hydrogen-bond acceptors (Lipinski definition) is 2. The molecule has 0 amide bonds. The third-order valence-electron chi connectivity index (χ3n) is 1.42. The Morgan fingerprint density at radius 1 is 1.42 bits per heavy atom. The summed E-state index contributed by atoms with van der Waals surface area (Å²) in [5.41, 5.74) is 0.537. The molecule has 0 spiro atoms. The van der Waals surface area contributed by atoms with Crippen LogP contribution in [0.5, 0.6) is 0 Å². The fraction of sp³-hybridized carbons (Fsp3) is 0.143. The Morgan fingerprint density at radius 3 is 2.42 bits per heavy atom. The average molecular weight is 209 g/mol. The van der Waals surface area contributed by atoms with E-state index in [1.54, 1.807) is 13.0 Å². The van der Waals surface area contributed by atoms with Crippen LogP contribution in [0.25, 0.3) is 0 Å². The molecule has 0 fully saturated rings. The zero-order valence-corrected chi connectivity index (χ0v) is 7.79. The molecule has 0 saturated carbocycles. The summed E-state index contributed by atoms with van der Waals surface area (Å²) < 4.78 is 33.4. The lowest BCUT2D eigenvalue weighted by atomic mass is 10.2. The molecule has 0 atom stereocenters. The van der Waals surface area contributed by atoms with E-state index in [-0.39, 0.29) is 5.02 Å². The molecule has 5 heteroatoms. The summed E-state index contributed by atoms with van der Waals surface area (Å²) in [5.74, 6) is 0. The molecule has 0 unspecified atom stereocenters. The van der Waals surface area contributed by atoms with Gasteiger partial charge in [-0.05, 0) is 18.6 Å². The molecular weight excluding hydrogens is 203 g/mol. The van der Waals surface area contributed by atoms with Gasteiger partial charge in [0.2, 0.25) is 0 Å². The highest BCUT2D eigenvalue weighted by Crippen LogP contribution is 2.25. The molecule has 0 radical (unpaired) electrons. The van der Waals surface area contributed by atoms with E-state index < -0.39 is 15.1 Å².